The van der Waals surface area contributed by atoms with Crippen LogP contribution in [-0.4, -0.2) is 17.7 Å². The molecule has 1 unspecified atom stereocenters. The molecular weight excluding hydrogens is 288 g/mol. The van der Waals surface area contributed by atoms with Gasteiger partial charge in [0.05, 0.1) is 12.5 Å². The quantitative estimate of drug-likeness (QED) is 0.758. The molecule has 1 N–H and O–H groups in total. The molecule has 0 radical (unpaired) electrons. The Kier molecular flexibility index (Phi) is 5.80. The fourth-order valence-electron chi connectivity index (χ4n) is 2.82. The molecule has 0 bridgehead atoms. The number of carboxylic acids is 1. The van der Waals surface area contributed by atoms with Crippen molar-refractivity contribution in [1.82, 2.24) is 0 Å². The van der Waals surface area contributed by atoms with Gasteiger partial charge in [0, 0.05) is 0 Å². The largest absolute Gasteiger partial charge is 0.493 e. The summed E-state index contributed by atoms with van der Waals surface area (Å²) < 4.78 is 5.80. The molecule has 3 heteroatoms. The van der Waals surface area contributed by atoms with Crippen molar-refractivity contribution in [3.8, 4) is 5.75 Å². The SMILES string of the molecule is Cc1ccc(OCCCC(C(=O)O)c2ccccc2C)c(C)c1. The molecule has 2 aromatic rings. The van der Waals surface area contributed by atoms with E-state index in [-0.39, 0.29) is 0 Å². The topological polar surface area (TPSA) is 46.5 Å². The van der Waals surface area contributed by atoms with Gasteiger partial charge in [-0.15, -0.1) is 0 Å². The predicted molar refractivity (Wildman–Crippen MR) is 92.2 cm³/mol. The molecule has 0 aliphatic carbocycles. The Morgan fingerprint density at radius 2 is 1.83 bits per heavy atom. The van der Waals surface area contributed by atoms with E-state index in [4.69, 9.17) is 4.74 Å². The van der Waals surface area contributed by atoms with Gasteiger partial charge in [0.25, 0.3) is 0 Å². The Morgan fingerprint density at radius 1 is 1.09 bits per heavy atom. The number of ether oxygens (including phenoxy) is 1. The molecule has 122 valence electrons. The number of hydrogen-bond donors (Lipinski definition) is 1. The molecule has 0 saturated carbocycles. The van der Waals surface area contributed by atoms with Crippen molar-refractivity contribution in [3.63, 3.8) is 0 Å². The molecule has 1 atom stereocenters. The Morgan fingerprint density at radius 3 is 2.48 bits per heavy atom. The van der Waals surface area contributed by atoms with Crippen LogP contribution in [0.3, 0.4) is 0 Å². The molecule has 0 heterocycles. The maximum atomic E-state index is 11.6. The van der Waals surface area contributed by atoms with Crippen LogP contribution in [-0.2, 0) is 4.79 Å². The van der Waals surface area contributed by atoms with Crippen LogP contribution in [0.25, 0.3) is 0 Å². The molecule has 0 aliphatic heterocycles. The summed E-state index contributed by atoms with van der Waals surface area (Å²) in [6.45, 7) is 6.56. The van der Waals surface area contributed by atoms with Crippen LogP contribution in [0.2, 0.25) is 0 Å². The summed E-state index contributed by atoms with van der Waals surface area (Å²) in [5.74, 6) is -0.372. The van der Waals surface area contributed by atoms with Gasteiger partial charge in [0.2, 0.25) is 0 Å². The lowest BCUT2D eigenvalue weighted by Gasteiger charge is -2.16. The fraction of sp³-hybridized carbons (Fsp3) is 0.350. The van der Waals surface area contributed by atoms with E-state index in [0.717, 1.165) is 22.4 Å². The van der Waals surface area contributed by atoms with Gasteiger partial charge in [-0.1, -0.05) is 42.0 Å². The molecule has 0 spiro atoms. The highest BCUT2D eigenvalue weighted by atomic mass is 16.5. The highest BCUT2D eigenvalue weighted by molar-refractivity contribution is 5.76. The van der Waals surface area contributed by atoms with Crippen LogP contribution in [0.5, 0.6) is 5.75 Å². The summed E-state index contributed by atoms with van der Waals surface area (Å²) in [5.41, 5.74) is 4.24. The van der Waals surface area contributed by atoms with E-state index >= 15 is 0 Å². The van der Waals surface area contributed by atoms with Crippen LogP contribution >= 0.6 is 0 Å². The van der Waals surface area contributed by atoms with Crippen LogP contribution in [0.15, 0.2) is 42.5 Å². The second-order valence-corrected chi connectivity index (χ2v) is 6.01. The zero-order valence-electron chi connectivity index (χ0n) is 14.0. The summed E-state index contributed by atoms with van der Waals surface area (Å²) in [6.07, 6.45) is 1.28. The number of aliphatic carboxylic acids is 1. The first-order valence-electron chi connectivity index (χ1n) is 7.97. The van der Waals surface area contributed by atoms with E-state index in [0.29, 0.717) is 19.4 Å². The zero-order chi connectivity index (χ0) is 16.8. The van der Waals surface area contributed by atoms with Crippen molar-refractivity contribution >= 4 is 5.97 Å². The lowest BCUT2D eigenvalue weighted by Crippen LogP contribution is -2.14. The number of aryl methyl sites for hydroxylation is 3. The zero-order valence-corrected chi connectivity index (χ0v) is 14.0. The van der Waals surface area contributed by atoms with Crippen LogP contribution in [0.4, 0.5) is 0 Å². The van der Waals surface area contributed by atoms with E-state index in [1.807, 2.05) is 50.2 Å². The van der Waals surface area contributed by atoms with E-state index in [9.17, 15) is 9.90 Å². The minimum absolute atomic E-state index is 0.473. The lowest BCUT2D eigenvalue weighted by atomic mass is 9.91. The van der Waals surface area contributed by atoms with Gasteiger partial charge >= 0.3 is 5.97 Å². The summed E-state index contributed by atoms with van der Waals surface area (Å²) in [6, 6.07) is 13.8. The minimum Gasteiger partial charge on any atom is -0.493 e. The molecule has 0 amide bonds. The second-order valence-electron chi connectivity index (χ2n) is 6.01. The minimum atomic E-state index is -0.772. The van der Waals surface area contributed by atoms with Crippen molar-refractivity contribution in [2.45, 2.75) is 39.5 Å². The first-order valence-corrected chi connectivity index (χ1v) is 7.97. The monoisotopic (exact) mass is 312 g/mol. The van der Waals surface area contributed by atoms with Gasteiger partial charge in [0.1, 0.15) is 5.75 Å². The Hall–Kier alpha value is -2.29. The standard InChI is InChI=1S/C20H24O3/c1-14-10-11-19(16(3)13-14)23-12-6-9-18(20(21)22)17-8-5-4-7-15(17)2/h4-5,7-8,10-11,13,18H,6,9,12H2,1-3H3,(H,21,22). The van der Waals surface area contributed by atoms with E-state index < -0.39 is 11.9 Å². The average molecular weight is 312 g/mol. The summed E-state index contributed by atoms with van der Waals surface area (Å²) in [4.78, 5) is 11.6. The molecule has 2 rings (SSSR count). The van der Waals surface area contributed by atoms with Crippen LogP contribution in [0, 0.1) is 20.8 Å². The summed E-state index contributed by atoms with van der Waals surface area (Å²) >= 11 is 0. The first-order chi connectivity index (χ1) is 11.0. The van der Waals surface area contributed by atoms with Gasteiger partial charge in [-0.2, -0.15) is 0 Å². The average Bonchev–Trinajstić information content (AvgIpc) is 2.50. The van der Waals surface area contributed by atoms with Crippen molar-refractivity contribution in [3.05, 3.63) is 64.7 Å². The lowest BCUT2D eigenvalue weighted by molar-refractivity contribution is -0.139. The van der Waals surface area contributed by atoms with Gasteiger partial charge in [-0.25, -0.2) is 0 Å². The smallest absolute Gasteiger partial charge is 0.310 e. The number of hydrogen-bond acceptors (Lipinski definition) is 2. The van der Waals surface area contributed by atoms with E-state index in [2.05, 4.69) is 13.0 Å². The first kappa shape index (κ1) is 17.1. The maximum absolute atomic E-state index is 11.6. The summed E-state index contributed by atoms with van der Waals surface area (Å²) in [5, 5.41) is 9.50. The summed E-state index contributed by atoms with van der Waals surface area (Å²) in [7, 11) is 0. The third-order valence-corrected chi connectivity index (χ3v) is 4.09. The molecule has 2 aromatic carbocycles. The molecule has 0 aliphatic rings. The molecular formula is C20H24O3. The third kappa shape index (κ3) is 4.59. The van der Waals surface area contributed by atoms with E-state index in [1.165, 1.54) is 5.56 Å². The third-order valence-electron chi connectivity index (χ3n) is 4.09. The molecule has 0 saturated heterocycles. The number of benzene rings is 2. The highest BCUT2D eigenvalue weighted by Crippen LogP contribution is 2.25. The Balaban J connectivity index is 1.93. The Labute approximate surface area is 137 Å². The van der Waals surface area contributed by atoms with Crippen molar-refractivity contribution in [1.29, 1.82) is 0 Å². The van der Waals surface area contributed by atoms with Gasteiger partial charge in [-0.3, -0.25) is 4.79 Å². The number of carboxylic acid groups (broad SMARTS) is 1. The van der Waals surface area contributed by atoms with Crippen molar-refractivity contribution in [2.75, 3.05) is 6.61 Å². The molecule has 0 fully saturated rings. The van der Waals surface area contributed by atoms with Gasteiger partial charge in [0.15, 0.2) is 0 Å². The van der Waals surface area contributed by atoms with Gasteiger partial charge in [-0.05, 0) is 56.4 Å². The highest BCUT2D eigenvalue weighted by Gasteiger charge is 2.20. The molecule has 0 aromatic heterocycles. The van der Waals surface area contributed by atoms with Crippen molar-refractivity contribution in [2.24, 2.45) is 0 Å². The molecule has 3 nitrogen and oxygen atoms in total. The number of rotatable bonds is 7. The number of carbonyl (C=O) groups is 1. The van der Waals surface area contributed by atoms with Crippen molar-refractivity contribution < 1.29 is 14.6 Å². The van der Waals surface area contributed by atoms with Crippen LogP contribution in [0.1, 0.15) is 41.0 Å². The molecule has 23 heavy (non-hydrogen) atoms. The second kappa shape index (κ2) is 7.82. The van der Waals surface area contributed by atoms with Gasteiger partial charge < -0.3 is 9.84 Å². The Bertz CT molecular complexity index is 676. The fourth-order valence-corrected chi connectivity index (χ4v) is 2.82. The normalized spacial score (nSPS) is 12.0. The van der Waals surface area contributed by atoms with E-state index in [1.54, 1.807) is 0 Å². The van der Waals surface area contributed by atoms with Crippen LogP contribution < -0.4 is 4.74 Å². The maximum Gasteiger partial charge on any atom is 0.310 e. The predicted octanol–water partition coefficient (Wildman–Crippen LogP) is 4.64.